The quantitative estimate of drug-likeness (QED) is 0.669. The van der Waals surface area contributed by atoms with Gasteiger partial charge in [-0.15, -0.1) is 0 Å². The summed E-state index contributed by atoms with van der Waals surface area (Å²) in [6, 6.07) is 20.6. The van der Waals surface area contributed by atoms with Gasteiger partial charge in [0.05, 0.1) is 11.3 Å². The van der Waals surface area contributed by atoms with Crippen LogP contribution >= 0.6 is 0 Å². The van der Waals surface area contributed by atoms with Crippen LogP contribution in [0.5, 0.6) is 0 Å². The molecule has 3 heterocycles. The minimum atomic E-state index is 0.0630. The molecule has 4 nitrogen and oxygen atoms in total. The molecule has 1 amide bonds. The first-order chi connectivity index (χ1) is 14.5. The summed E-state index contributed by atoms with van der Waals surface area (Å²) in [7, 11) is 2.06. The van der Waals surface area contributed by atoms with E-state index in [0.29, 0.717) is 18.1 Å². The molecule has 5 rings (SSSR count). The molecule has 4 heteroatoms. The summed E-state index contributed by atoms with van der Waals surface area (Å²) in [5.74, 6) is 0.0630. The average molecular weight is 402 g/mol. The molecule has 0 radical (unpaired) electrons. The number of rotatable bonds is 4. The van der Waals surface area contributed by atoms with E-state index >= 15 is 0 Å². The van der Waals surface area contributed by atoms with Gasteiger partial charge < -0.3 is 9.88 Å². The number of carbonyl (C=O) groups is 1. The fourth-order valence-corrected chi connectivity index (χ4v) is 5.99. The monoisotopic (exact) mass is 401 g/mol. The van der Waals surface area contributed by atoms with Crippen molar-refractivity contribution in [3.8, 4) is 11.3 Å². The minimum Gasteiger partial charge on any atom is -0.349 e. The number of nitrogens with one attached hydrogen (secondary N) is 1. The Kier molecular flexibility index (Phi) is 4.90. The fraction of sp³-hybridized carbons (Fsp3) is 0.423. The van der Waals surface area contributed by atoms with Crippen molar-refractivity contribution in [3.63, 3.8) is 0 Å². The number of benzene rings is 2. The predicted octanol–water partition coefficient (Wildman–Crippen LogP) is 4.98. The summed E-state index contributed by atoms with van der Waals surface area (Å²) in [6.45, 7) is 4.60. The smallest absolute Gasteiger partial charge is 0.254 e. The maximum atomic E-state index is 13.6. The number of piperidine rings is 1. The van der Waals surface area contributed by atoms with Crippen LogP contribution in [0.1, 0.15) is 49.9 Å². The topological polar surface area (TPSA) is 37.3 Å². The lowest BCUT2D eigenvalue weighted by molar-refractivity contribution is 0.0740. The number of hydrogen-bond acceptors (Lipinski definition) is 2. The van der Waals surface area contributed by atoms with E-state index in [2.05, 4.69) is 59.9 Å². The highest BCUT2D eigenvalue weighted by atomic mass is 16.1. The molecule has 1 aromatic heterocycles. The normalized spacial score (nSPS) is 23.9. The Morgan fingerprint density at radius 1 is 0.967 bits per heavy atom. The van der Waals surface area contributed by atoms with E-state index < -0.39 is 0 Å². The number of aromatic nitrogens is 1. The van der Waals surface area contributed by atoms with Crippen molar-refractivity contribution in [2.45, 2.75) is 63.7 Å². The van der Waals surface area contributed by atoms with Crippen LogP contribution in [-0.4, -0.2) is 39.5 Å². The van der Waals surface area contributed by atoms with Crippen molar-refractivity contribution in [1.29, 1.82) is 0 Å². The summed E-state index contributed by atoms with van der Waals surface area (Å²) < 4.78 is 2.16. The fourth-order valence-electron chi connectivity index (χ4n) is 5.99. The molecule has 156 valence electrons. The molecule has 0 saturated carbocycles. The summed E-state index contributed by atoms with van der Waals surface area (Å²) in [6.07, 6.45) is 4.65. The van der Waals surface area contributed by atoms with Crippen molar-refractivity contribution in [2.24, 2.45) is 7.05 Å². The molecule has 1 unspecified atom stereocenters. The first-order valence-electron chi connectivity index (χ1n) is 11.3. The molecule has 2 bridgehead atoms. The Balaban J connectivity index is 1.49. The van der Waals surface area contributed by atoms with Gasteiger partial charge in [0, 0.05) is 42.1 Å². The van der Waals surface area contributed by atoms with Crippen LogP contribution in [0.3, 0.4) is 0 Å². The number of aryl methyl sites for hydroxylation is 1. The molecular weight excluding hydrogens is 370 g/mol. The van der Waals surface area contributed by atoms with E-state index in [1.165, 1.54) is 12.8 Å². The number of carbonyl (C=O) groups excluding carboxylic acids is 1. The molecule has 0 aliphatic carbocycles. The SMILES string of the molecule is CC(C)N1[C@@H]2CC[C@H]1CC(NC(=O)c1c(-c3ccccc3)n(C)c3ccccc13)C2. The number of amides is 1. The Labute approximate surface area is 178 Å². The van der Waals surface area contributed by atoms with Gasteiger partial charge >= 0.3 is 0 Å². The third kappa shape index (κ3) is 3.14. The second kappa shape index (κ2) is 7.59. The summed E-state index contributed by atoms with van der Waals surface area (Å²) in [5.41, 5.74) is 3.97. The number of fused-ring (bicyclic) bond motifs is 3. The maximum absolute atomic E-state index is 13.6. The lowest BCUT2D eigenvalue weighted by Crippen LogP contribution is -2.52. The van der Waals surface area contributed by atoms with Crippen LogP contribution in [0.4, 0.5) is 0 Å². The molecule has 0 spiro atoms. The maximum Gasteiger partial charge on any atom is 0.254 e. The van der Waals surface area contributed by atoms with E-state index in [1.807, 2.05) is 30.3 Å². The molecular formula is C26H31N3O. The molecule has 2 fully saturated rings. The van der Waals surface area contributed by atoms with E-state index in [9.17, 15) is 4.79 Å². The van der Waals surface area contributed by atoms with Gasteiger partial charge in [0.2, 0.25) is 0 Å². The molecule has 3 aromatic rings. The van der Waals surface area contributed by atoms with Gasteiger partial charge in [-0.25, -0.2) is 0 Å². The molecule has 1 N–H and O–H groups in total. The zero-order valence-electron chi connectivity index (χ0n) is 18.1. The lowest BCUT2D eigenvalue weighted by Gasteiger charge is -2.41. The van der Waals surface area contributed by atoms with Gasteiger partial charge in [0.15, 0.2) is 0 Å². The third-order valence-electron chi connectivity index (χ3n) is 7.10. The van der Waals surface area contributed by atoms with Gasteiger partial charge in [-0.3, -0.25) is 9.69 Å². The van der Waals surface area contributed by atoms with Gasteiger partial charge in [-0.05, 0) is 51.2 Å². The second-order valence-electron chi connectivity index (χ2n) is 9.23. The number of para-hydroxylation sites is 1. The minimum absolute atomic E-state index is 0.0630. The van der Waals surface area contributed by atoms with Crippen LogP contribution in [0.2, 0.25) is 0 Å². The lowest BCUT2D eigenvalue weighted by atomic mass is 9.95. The number of nitrogens with zero attached hydrogens (tertiary/aromatic N) is 2. The van der Waals surface area contributed by atoms with E-state index in [4.69, 9.17) is 0 Å². The van der Waals surface area contributed by atoms with Crippen LogP contribution in [-0.2, 0) is 7.05 Å². The number of hydrogen-bond donors (Lipinski definition) is 1. The van der Waals surface area contributed by atoms with E-state index in [0.717, 1.165) is 40.6 Å². The molecule has 2 aliphatic rings. The zero-order valence-corrected chi connectivity index (χ0v) is 18.1. The molecule has 2 saturated heterocycles. The predicted molar refractivity (Wildman–Crippen MR) is 123 cm³/mol. The molecule has 2 aromatic carbocycles. The summed E-state index contributed by atoms with van der Waals surface area (Å²) in [4.78, 5) is 16.3. The molecule has 3 atom stereocenters. The van der Waals surface area contributed by atoms with Crippen LogP contribution < -0.4 is 5.32 Å². The second-order valence-corrected chi connectivity index (χ2v) is 9.23. The van der Waals surface area contributed by atoms with Gasteiger partial charge in [0.25, 0.3) is 5.91 Å². The van der Waals surface area contributed by atoms with Gasteiger partial charge in [-0.1, -0.05) is 48.5 Å². The Bertz CT molecular complexity index is 1050. The summed E-state index contributed by atoms with van der Waals surface area (Å²) >= 11 is 0. The van der Waals surface area contributed by atoms with Crippen molar-refractivity contribution < 1.29 is 4.79 Å². The van der Waals surface area contributed by atoms with Gasteiger partial charge in [-0.2, -0.15) is 0 Å². The highest BCUT2D eigenvalue weighted by Crippen LogP contribution is 2.38. The zero-order chi connectivity index (χ0) is 20.8. The van der Waals surface area contributed by atoms with E-state index in [1.54, 1.807) is 0 Å². The third-order valence-corrected chi connectivity index (χ3v) is 7.10. The Morgan fingerprint density at radius 2 is 1.60 bits per heavy atom. The van der Waals surface area contributed by atoms with Crippen LogP contribution in [0.15, 0.2) is 54.6 Å². The Morgan fingerprint density at radius 3 is 2.27 bits per heavy atom. The highest BCUT2D eigenvalue weighted by Gasteiger charge is 2.42. The van der Waals surface area contributed by atoms with E-state index in [-0.39, 0.29) is 11.9 Å². The first-order valence-corrected chi connectivity index (χ1v) is 11.3. The van der Waals surface area contributed by atoms with Crippen LogP contribution in [0.25, 0.3) is 22.2 Å². The first kappa shape index (κ1) is 19.4. The van der Waals surface area contributed by atoms with Crippen LogP contribution in [0, 0.1) is 0 Å². The van der Waals surface area contributed by atoms with Crippen molar-refractivity contribution >= 4 is 16.8 Å². The van der Waals surface area contributed by atoms with Crippen molar-refractivity contribution in [3.05, 3.63) is 60.2 Å². The summed E-state index contributed by atoms with van der Waals surface area (Å²) in [5, 5.41) is 4.46. The molecule has 2 aliphatic heterocycles. The molecule has 30 heavy (non-hydrogen) atoms. The largest absolute Gasteiger partial charge is 0.349 e. The van der Waals surface area contributed by atoms with Crippen molar-refractivity contribution in [1.82, 2.24) is 14.8 Å². The standard InChI is InChI=1S/C26H31N3O/c1-17(2)29-20-13-14-21(29)16-19(15-20)27-26(30)24-22-11-7-8-12-23(22)28(3)25(24)18-9-5-4-6-10-18/h4-12,17,19-21H,13-16H2,1-3H3,(H,27,30)/t19?,20-,21+. The van der Waals surface area contributed by atoms with Crippen molar-refractivity contribution in [2.75, 3.05) is 0 Å². The van der Waals surface area contributed by atoms with Gasteiger partial charge in [0.1, 0.15) is 0 Å². The Hall–Kier alpha value is -2.59. The highest BCUT2D eigenvalue weighted by molar-refractivity contribution is 6.12. The average Bonchev–Trinajstić information content (AvgIpc) is 3.20.